The number of aliphatic hydroxyl groups is 1. The predicted octanol–water partition coefficient (Wildman–Crippen LogP) is 3.21. The number of anilines is 1. The van der Waals surface area contributed by atoms with Crippen molar-refractivity contribution in [1.82, 2.24) is 0 Å². The van der Waals surface area contributed by atoms with E-state index in [0.29, 0.717) is 0 Å². The Labute approximate surface area is 124 Å². The van der Waals surface area contributed by atoms with Crippen molar-refractivity contribution in [3.05, 3.63) is 29.3 Å². The summed E-state index contributed by atoms with van der Waals surface area (Å²) in [7, 11) is -1.64. The third-order valence-electron chi connectivity index (χ3n) is 2.36. The fourth-order valence-electron chi connectivity index (χ4n) is 1.32. The van der Waals surface area contributed by atoms with Crippen LogP contribution in [0, 0.1) is 23.1 Å². The van der Waals surface area contributed by atoms with Crippen LogP contribution in [-0.2, 0) is 0 Å². The Balaban J connectivity index is 2.94. The molecule has 0 aliphatic rings. The summed E-state index contributed by atoms with van der Waals surface area (Å²) in [5.41, 5.74) is 3.03. The van der Waals surface area contributed by atoms with E-state index in [1.54, 1.807) is 0 Å². The van der Waals surface area contributed by atoms with Gasteiger partial charge in [0, 0.05) is 6.54 Å². The van der Waals surface area contributed by atoms with Crippen LogP contribution in [0.4, 0.5) is 14.5 Å². The number of benzene rings is 1. The van der Waals surface area contributed by atoms with Crippen LogP contribution in [0.25, 0.3) is 0 Å². The fraction of sp³-hybridized carbons (Fsp3) is 0.429. The molecular formula is C14H18ClF2NOSi. The van der Waals surface area contributed by atoms with E-state index in [1.807, 2.05) is 19.6 Å². The molecule has 2 nitrogen and oxygen atoms in total. The maximum Gasteiger partial charge on any atom is 0.183 e. The Morgan fingerprint density at radius 1 is 1.30 bits per heavy atom. The van der Waals surface area contributed by atoms with Crippen molar-refractivity contribution in [1.29, 1.82) is 0 Å². The van der Waals surface area contributed by atoms with Gasteiger partial charge in [-0.1, -0.05) is 25.6 Å². The van der Waals surface area contributed by atoms with Crippen LogP contribution in [0.15, 0.2) is 12.1 Å². The number of hydrogen-bond acceptors (Lipinski definition) is 2. The van der Waals surface area contributed by atoms with Gasteiger partial charge in [0.2, 0.25) is 0 Å². The van der Waals surface area contributed by atoms with E-state index in [9.17, 15) is 13.9 Å². The number of nitrogens with one attached hydrogen (secondary N) is 1. The number of aliphatic hydroxyl groups excluding tert-OH is 1. The Hall–Kier alpha value is -1.09. The van der Waals surface area contributed by atoms with E-state index in [0.717, 1.165) is 0 Å². The minimum atomic E-state index is -1.64. The van der Waals surface area contributed by atoms with Gasteiger partial charge in [-0.15, -0.1) is 17.1 Å². The number of hydrogen-bond donors (Lipinski definition) is 2. The monoisotopic (exact) mass is 317 g/mol. The minimum Gasteiger partial charge on any atom is -0.390 e. The molecule has 0 spiro atoms. The SMILES string of the molecule is C[Si](C)(C)C#Cc1ccc(NCC(O)CCl)c(F)c1F. The maximum atomic E-state index is 13.9. The molecule has 0 saturated heterocycles. The van der Waals surface area contributed by atoms with Crippen LogP contribution >= 0.6 is 11.6 Å². The normalized spacial score (nSPS) is 12.6. The molecular weight excluding hydrogens is 300 g/mol. The van der Waals surface area contributed by atoms with Gasteiger partial charge in [0.15, 0.2) is 11.6 Å². The second-order valence-corrected chi connectivity index (χ2v) is 10.5. The molecule has 0 amide bonds. The molecule has 2 N–H and O–H groups in total. The first-order valence-corrected chi connectivity index (χ1v) is 10.3. The largest absolute Gasteiger partial charge is 0.390 e. The fourth-order valence-corrected chi connectivity index (χ4v) is 1.94. The summed E-state index contributed by atoms with van der Waals surface area (Å²) in [5, 5.41) is 11.9. The second kappa shape index (κ2) is 7.07. The predicted molar refractivity (Wildman–Crippen MR) is 81.8 cm³/mol. The molecule has 0 heterocycles. The molecule has 1 aromatic rings. The quantitative estimate of drug-likeness (QED) is 0.508. The Morgan fingerprint density at radius 3 is 2.50 bits per heavy atom. The van der Waals surface area contributed by atoms with Crippen LogP contribution in [0.1, 0.15) is 5.56 Å². The molecule has 0 saturated carbocycles. The van der Waals surface area contributed by atoms with Crippen molar-refractivity contribution in [3.8, 4) is 11.5 Å². The molecule has 0 bridgehead atoms. The van der Waals surface area contributed by atoms with Crippen molar-refractivity contribution < 1.29 is 13.9 Å². The highest BCUT2D eigenvalue weighted by molar-refractivity contribution is 6.83. The van der Waals surface area contributed by atoms with Gasteiger partial charge in [-0.3, -0.25) is 0 Å². The third kappa shape index (κ3) is 5.12. The van der Waals surface area contributed by atoms with Gasteiger partial charge in [0.1, 0.15) is 8.07 Å². The van der Waals surface area contributed by atoms with Crippen LogP contribution in [-0.4, -0.2) is 31.7 Å². The Bertz CT molecular complexity index is 534. The van der Waals surface area contributed by atoms with Gasteiger partial charge in [0.05, 0.1) is 23.2 Å². The summed E-state index contributed by atoms with van der Waals surface area (Å²) in [5.74, 6) is 0.757. The topological polar surface area (TPSA) is 32.3 Å². The molecule has 0 radical (unpaired) electrons. The molecule has 1 unspecified atom stereocenters. The van der Waals surface area contributed by atoms with Gasteiger partial charge < -0.3 is 10.4 Å². The lowest BCUT2D eigenvalue weighted by atomic mass is 10.2. The molecule has 1 aromatic carbocycles. The standard InChI is InChI=1S/C14H18ClF2NOSi/c1-20(2,3)7-6-10-4-5-12(14(17)13(10)16)18-9-11(19)8-15/h4-5,11,18-19H,8-9H2,1-3H3. The maximum absolute atomic E-state index is 13.9. The van der Waals surface area contributed by atoms with Gasteiger partial charge in [0.25, 0.3) is 0 Å². The van der Waals surface area contributed by atoms with Crippen molar-refractivity contribution in [2.45, 2.75) is 25.7 Å². The number of halogens is 3. The Kier molecular flexibility index (Phi) is 6.00. The summed E-state index contributed by atoms with van der Waals surface area (Å²) in [6.45, 7) is 6.13. The molecule has 0 aliphatic heterocycles. The first-order valence-electron chi connectivity index (χ1n) is 6.23. The first kappa shape index (κ1) is 17.0. The van der Waals surface area contributed by atoms with Crippen molar-refractivity contribution in [3.63, 3.8) is 0 Å². The zero-order chi connectivity index (χ0) is 15.3. The van der Waals surface area contributed by atoms with Gasteiger partial charge in [-0.25, -0.2) is 8.78 Å². The molecule has 1 atom stereocenters. The molecule has 1 rings (SSSR count). The van der Waals surface area contributed by atoms with E-state index in [1.165, 1.54) is 12.1 Å². The molecule has 110 valence electrons. The number of alkyl halides is 1. The molecule has 20 heavy (non-hydrogen) atoms. The summed E-state index contributed by atoms with van der Waals surface area (Å²) in [6.07, 6.45) is -0.814. The van der Waals surface area contributed by atoms with E-state index in [-0.39, 0.29) is 23.7 Å². The highest BCUT2D eigenvalue weighted by atomic mass is 35.5. The summed E-state index contributed by atoms with van der Waals surface area (Å²) < 4.78 is 27.7. The zero-order valence-electron chi connectivity index (χ0n) is 11.7. The van der Waals surface area contributed by atoms with E-state index < -0.39 is 25.8 Å². The van der Waals surface area contributed by atoms with Crippen LogP contribution in [0.2, 0.25) is 19.6 Å². The highest BCUT2D eigenvalue weighted by Gasteiger charge is 2.14. The van der Waals surface area contributed by atoms with Crippen LogP contribution < -0.4 is 5.32 Å². The van der Waals surface area contributed by atoms with Gasteiger partial charge >= 0.3 is 0 Å². The van der Waals surface area contributed by atoms with Crippen molar-refractivity contribution >= 4 is 25.4 Å². The highest BCUT2D eigenvalue weighted by Crippen LogP contribution is 2.20. The summed E-state index contributed by atoms with van der Waals surface area (Å²) in [4.78, 5) is 0. The average Bonchev–Trinajstić information content (AvgIpc) is 2.37. The lowest BCUT2D eigenvalue weighted by Gasteiger charge is -2.11. The van der Waals surface area contributed by atoms with E-state index in [2.05, 4.69) is 16.8 Å². The molecule has 0 aromatic heterocycles. The molecule has 0 fully saturated rings. The molecule has 0 aliphatic carbocycles. The zero-order valence-corrected chi connectivity index (χ0v) is 13.5. The number of rotatable bonds is 4. The van der Waals surface area contributed by atoms with Crippen molar-refractivity contribution in [2.24, 2.45) is 0 Å². The van der Waals surface area contributed by atoms with Crippen molar-refractivity contribution in [2.75, 3.05) is 17.7 Å². The lowest BCUT2D eigenvalue weighted by Crippen LogP contribution is -2.21. The molecule has 6 heteroatoms. The average molecular weight is 318 g/mol. The summed E-state index contributed by atoms with van der Waals surface area (Å²) in [6, 6.07) is 2.84. The first-order chi connectivity index (χ1) is 9.24. The van der Waals surface area contributed by atoms with E-state index >= 15 is 0 Å². The smallest absolute Gasteiger partial charge is 0.183 e. The second-order valence-electron chi connectivity index (χ2n) is 5.48. The lowest BCUT2D eigenvalue weighted by molar-refractivity contribution is 0.211. The Morgan fingerprint density at radius 2 is 1.95 bits per heavy atom. The van der Waals surface area contributed by atoms with Crippen LogP contribution in [0.5, 0.6) is 0 Å². The minimum absolute atomic E-state index is 0.00906. The van der Waals surface area contributed by atoms with Gasteiger partial charge in [-0.2, -0.15) is 0 Å². The van der Waals surface area contributed by atoms with Crippen LogP contribution in [0.3, 0.4) is 0 Å². The van der Waals surface area contributed by atoms with E-state index in [4.69, 9.17) is 11.6 Å². The van der Waals surface area contributed by atoms with Gasteiger partial charge in [-0.05, 0) is 12.1 Å². The third-order valence-corrected chi connectivity index (χ3v) is 3.59. The summed E-state index contributed by atoms with van der Waals surface area (Å²) >= 11 is 5.43.